The van der Waals surface area contributed by atoms with Gasteiger partial charge in [-0.3, -0.25) is 4.79 Å². The van der Waals surface area contributed by atoms with E-state index >= 15 is 0 Å². The van der Waals surface area contributed by atoms with Crippen molar-refractivity contribution in [2.24, 2.45) is 5.92 Å². The summed E-state index contributed by atoms with van der Waals surface area (Å²) in [5.41, 5.74) is 0.0505. The van der Waals surface area contributed by atoms with E-state index in [0.29, 0.717) is 6.54 Å². The minimum absolute atomic E-state index is 0.0505. The number of likely N-dealkylation sites (N-methyl/N-ethyl adjacent to an activating group) is 1. The smallest absolute Gasteiger partial charge is 0.317 e. The molecule has 1 aliphatic carbocycles. The standard InChI is InChI=1S/C14H27N3O3/c1-11(12(18)19)9-17(4)13(20)15-10-14(16(2)3)7-5-6-8-14/h11H,5-10H2,1-4H3,(H,15,20)(H,18,19). The van der Waals surface area contributed by atoms with Gasteiger partial charge in [0.05, 0.1) is 5.92 Å². The zero-order valence-corrected chi connectivity index (χ0v) is 13.0. The first kappa shape index (κ1) is 16.8. The quantitative estimate of drug-likeness (QED) is 0.769. The summed E-state index contributed by atoms with van der Waals surface area (Å²) in [6.45, 7) is 2.44. The Labute approximate surface area is 121 Å². The molecule has 1 atom stereocenters. The average molecular weight is 285 g/mol. The van der Waals surface area contributed by atoms with Gasteiger partial charge in [0.15, 0.2) is 0 Å². The Kier molecular flexibility index (Phi) is 5.80. The molecular formula is C14H27N3O3. The van der Waals surface area contributed by atoms with Gasteiger partial charge >= 0.3 is 12.0 Å². The molecule has 1 unspecified atom stereocenters. The topological polar surface area (TPSA) is 72.9 Å². The van der Waals surface area contributed by atoms with Crippen LogP contribution in [0.2, 0.25) is 0 Å². The number of carboxylic acid groups (broad SMARTS) is 1. The van der Waals surface area contributed by atoms with Crippen molar-refractivity contribution in [1.82, 2.24) is 15.1 Å². The van der Waals surface area contributed by atoms with E-state index in [4.69, 9.17) is 5.11 Å². The first-order chi connectivity index (χ1) is 9.28. The Morgan fingerprint density at radius 1 is 1.25 bits per heavy atom. The van der Waals surface area contributed by atoms with Crippen LogP contribution in [-0.2, 0) is 4.79 Å². The first-order valence-corrected chi connectivity index (χ1v) is 7.18. The molecule has 1 saturated carbocycles. The lowest BCUT2D eigenvalue weighted by atomic mass is 9.96. The minimum Gasteiger partial charge on any atom is -0.481 e. The molecule has 0 aromatic heterocycles. The van der Waals surface area contributed by atoms with Crippen molar-refractivity contribution < 1.29 is 14.7 Å². The van der Waals surface area contributed by atoms with Gasteiger partial charge < -0.3 is 20.2 Å². The number of carboxylic acids is 1. The van der Waals surface area contributed by atoms with Crippen LogP contribution in [0.4, 0.5) is 4.79 Å². The second-order valence-corrected chi connectivity index (χ2v) is 6.10. The molecule has 2 amide bonds. The van der Waals surface area contributed by atoms with Crippen molar-refractivity contribution in [3.63, 3.8) is 0 Å². The van der Waals surface area contributed by atoms with Gasteiger partial charge in [0.25, 0.3) is 0 Å². The molecule has 1 rings (SSSR count). The van der Waals surface area contributed by atoms with Gasteiger partial charge in [-0.1, -0.05) is 19.8 Å². The van der Waals surface area contributed by atoms with Crippen LogP contribution in [0.1, 0.15) is 32.6 Å². The van der Waals surface area contributed by atoms with Crippen molar-refractivity contribution >= 4 is 12.0 Å². The van der Waals surface area contributed by atoms with E-state index in [1.165, 1.54) is 17.7 Å². The molecule has 1 aliphatic rings. The van der Waals surface area contributed by atoms with Crippen LogP contribution in [0, 0.1) is 5.92 Å². The second kappa shape index (κ2) is 6.92. The highest BCUT2D eigenvalue weighted by Crippen LogP contribution is 2.33. The monoisotopic (exact) mass is 285 g/mol. The number of carbonyl (C=O) groups excluding carboxylic acids is 1. The van der Waals surface area contributed by atoms with Crippen LogP contribution in [0.15, 0.2) is 0 Å². The predicted molar refractivity (Wildman–Crippen MR) is 77.7 cm³/mol. The molecule has 0 aromatic rings. The van der Waals surface area contributed by atoms with Gasteiger partial charge in [-0.25, -0.2) is 4.79 Å². The van der Waals surface area contributed by atoms with E-state index in [1.807, 2.05) is 14.1 Å². The molecule has 20 heavy (non-hydrogen) atoms. The average Bonchev–Trinajstić information content (AvgIpc) is 2.85. The van der Waals surface area contributed by atoms with Crippen LogP contribution < -0.4 is 5.32 Å². The predicted octanol–water partition coefficient (Wildman–Crippen LogP) is 1.22. The molecule has 0 radical (unpaired) electrons. The van der Waals surface area contributed by atoms with Gasteiger partial charge in [-0.05, 0) is 26.9 Å². The summed E-state index contributed by atoms with van der Waals surface area (Å²) >= 11 is 0. The maximum Gasteiger partial charge on any atom is 0.317 e. The van der Waals surface area contributed by atoms with Crippen molar-refractivity contribution in [2.45, 2.75) is 38.1 Å². The molecule has 0 aromatic carbocycles. The number of hydrogen-bond donors (Lipinski definition) is 2. The Hall–Kier alpha value is -1.30. The minimum atomic E-state index is -0.884. The molecule has 0 bridgehead atoms. The van der Waals surface area contributed by atoms with E-state index in [9.17, 15) is 9.59 Å². The summed E-state index contributed by atoms with van der Waals surface area (Å²) in [7, 11) is 5.73. The molecular weight excluding hydrogens is 258 g/mol. The Morgan fingerprint density at radius 2 is 1.80 bits per heavy atom. The SMILES string of the molecule is CC(CN(C)C(=O)NCC1(N(C)C)CCCC1)C(=O)O. The van der Waals surface area contributed by atoms with Crippen molar-refractivity contribution in [1.29, 1.82) is 0 Å². The van der Waals surface area contributed by atoms with Gasteiger partial charge in [-0.2, -0.15) is 0 Å². The van der Waals surface area contributed by atoms with Crippen LogP contribution in [0.3, 0.4) is 0 Å². The summed E-state index contributed by atoms with van der Waals surface area (Å²) in [4.78, 5) is 26.5. The summed E-state index contributed by atoms with van der Waals surface area (Å²) in [6, 6.07) is -0.203. The van der Waals surface area contributed by atoms with Gasteiger partial charge in [0, 0.05) is 25.7 Å². The number of nitrogens with zero attached hydrogens (tertiary/aromatic N) is 2. The molecule has 2 N–H and O–H groups in total. The van der Waals surface area contributed by atoms with E-state index in [1.54, 1.807) is 14.0 Å². The van der Waals surface area contributed by atoms with Gasteiger partial charge in [0.1, 0.15) is 0 Å². The van der Waals surface area contributed by atoms with Crippen molar-refractivity contribution in [3.8, 4) is 0 Å². The fourth-order valence-electron chi connectivity index (χ4n) is 2.76. The van der Waals surface area contributed by atoms with Gasteiger partial charge in [0.2, 0.25) is 0 Å². The second-order valence-electron chi connectivity index (χ2n) is 6.10. The summed E-state index contributed by atoms with van der Waals surface area (Å²) in [5.74, 6) is -1.44. The van der Waals surface area contributed by atoms with Crippen molar-refractivity contribution in [2.75, 3.05) is 34.2 Å². The molecule has 116 valence electrons. The highest BCUT2D eigenvalue weighted by Gasteiger charge is 2.36. The molecule has 0 spiro atoms. The Morgan fingerprint density at radius 3 is 2.25 bits per heavy atom. The molecule has 0 saturated heterocycles. The third-order valence-corrected chi connectivity index (χ3v) is 4.37. The maximum absolute atomic E-state index is 12.0. The number of urea groups is 1. The zero-order valence-electron chi connectivity index (χ0n) is 13.0. The van der Waals surface area contributed by atoms with Crippen LogP contribution in [0.25, 0.3) is 0 Å². The van der Waals surface area contributed by atoms with E-state index in [2.05, 4.69) is 10.2 Å². The number of aliphatic carboxylic acids is 1. The third-order valence-electron chi connectivity index (χ3n) is 4.37. The molecule has 1 fully saturated rings. The van der Waals surface area contributed by atoms with Crippen molar-refractivity contribution in [3.05, 3.63) is 0 Å². The number of carbonyl (C=O) groups is 2. The first-order valence-electron chi connectivity index (χ1n) is 7.18. The van der Waals surface area contributed by atoms with Crippen LogP contribution >= 0.6 is 0 Å². The fraction of sp³-hybridized carbons (Fsp3) is 0.857. The fourth-order valence-corrected chi connectivity index (χ4v) is 2.76. The third kappa shape index (κ3) is 4.10. The van der Waals surface area contributed by atoms with Gasteiger partial charge in [-0.15, -0.1) is 0 Å². The molecule has 6 heteroatoms. The largest absolute Gasteiger partial charge is 0.481 e. The van der Waals surface area contributed by atoms with E-state index in [-0.39, 0.29) is 18.1 Å². The van der Waals surface area contributed by atoms with Crippen LogP contribution in [0.5, 0.6) is 0 Å². The summed E-state index contributed by atoms with van der Waals surface area (Å²) < 4.78 is 0. The summed E-state index contributed by atoms with van der Waals surface area (Å²) in [6.07, 6.45) is 4.57. The van der Waals surface area contributed by atoms with E-state index < -0.39 is 11.9 Å². The normalized spacial score (nSPS) is 18.9. The maximum atomic E-state index is 12.0. The number of amides is 2. The van der Waals surface area contributed by atoms with E-state index in [0.717, 1.165) is 12.8 Å². The Balaban J connectivity index is 2.47. The molecule has 6 nitrogen and oxygen atoms in total. The Bertz CT molecular complexity index is 352. The number of nitrogens with one attached hydrogen (secondary N) is 1. The number of hydrogen-bond acceptors (Lipinski definition) is 3. The molecule has 0 heterocycles. The highest BCUT2D eigenvalue weighted by molar-refractivity contribution is 5.75. The lowest BCUT2D eigenvalue weighted by molar-refractivity contribution is -0.141. The molecule has 0 aliphatic heterocycles. The lowest BCUT2D eigenvalue weighted by Crippen LogP contribution is -2.53. The summed E-state index contributed by atoms with van der Waals surface area (Å²) in [5, 5.41) is 11.8. The lowest BCUT2D eigenvalue weighted by Gasteiger charge is -2.37. The van der Waals surface area contributed by atoms with Crippen LogP contribution in [-0.4, -0.2) is 66.7 Å². The number of rotatable bonds is 6. The highest BCUT2D eigenvalue weighted by atomic mass is 16.4. The zero-order chi connectivity index (χ0) is 15.3.